The summed E-state index contributed by atoms with van der Waals surface area (Å²) in [4.78, 5) is 0. The molecule has 1 saturated carbocycles. The molecule has 0 bridgehead atoms. The van der Waals surface area contributed by atoms with Crippen molar-refractivity contribution in [3.63, 3.8) is 0 Å². The number of halogens is 3. The van der Waals surface area contributed by atoms with Crippen LogP contribution < -0.4 is 10.1 Å². The molecule has 1 N–H and O–H groups in total. The van der Waals surface area contributed by atoms with Crippen LogP contribution in [0, 0.1) is 5.41 Å². The molecule has 0 aliphatic heterocycles. The highest BCUT2D eigenvalue weighted by Gasteiger charge is 2.30. The molecule has 0 radical (unpaired) electrons. The van der Waals surface area contributed by atoms with Crippen molar-refractivity contribution in [1.29, 1.82) is 0 Å². The topological polar surface area (TPSA) is 21.3 Å². The average Bonchev–Trinajstić information content (AvgIpc) is 2.69. The maximum atomic E-state index is 12.4. The predicted octanol–water partition coefficient (Wildman–Crippen LogP) is 4.72. The zero-order valence-electron chi connectivity index (χ0n) is 11.8. The first kappa shape index (κ1) is 15.7. The fourth-order valence-corrected chi connectivity index (χ4v) is 3.17. The van der Waals surface area contributed by atoms with Crippen molar-refractivity contribution < 1.29 is 13.5 Å². The zero-order valence-corrected chi connectivity index (χ0v) is 13.3. The predicted molar refractivity (Wildman–Crippen MR) is 79.0 cm³/mol. The third-order valence-electron chi connectivity index (χ3n) is 3.79. The van der Waals surface area contributed by atoms with Crippen LogP contribution in [-0.4, -0.2) is 12.7 Å². The summed E-state index contributed by atoms with van der Waals surface area (Å²) >= 11 is 3.36. The van der Waals surface area contributed by atoms with Crippen molar-refractivity contribution in [3.8, 4) is 5.75 Å². The Balaban J connectivity index is 1.99. The number of benzene rings is 1. The van der Waals surface area contributed by atoms with Gasteiger partial charge in [0.2, 0.25) is 0 Å². The Bertz CT molecular complexity index is 465. The quantitative estimate of drug-likeness (QED) is 0.832. The van der Waals surface area contributed by atoms with Crippen molar-refractivity contribution in [2.45, 2.75) is 52.3 Å². The molecule has 2 rings (SSSR count). The molecule has 0 saturated heterocycles. The van der Waals surface area contributed by atoms with Crippen LogP contribution in [-0.2, 0) is 6.54 Å². The van der Waals surface area contributed by atoms with Gasteiger partial charge < -0.3 is 10.1 Å². The van der Waals surface area contributed by atoms with E-state index in [1.165, 1.54) is 6.42 Å². The van der Waals surface area contributed by atoms with Gasteiger partial charge in [0, 0.05) is 22.6 Å². The third kappa shape index (κ3) is 4.42. The SMILES string of the molecule is CC1(C)CCC(NCc2cc(Br)ccc2OC(F)F)C1. The minimum absolute atomic E-state index is 0.243. The maximum absolute atomic E-state index is 12.4. The molecule has 1 aliphatic carbocycles. The number of rotatable bonds is 5. The van der Waals surface area contributed by atoms with Crippen LogP contribution in [0.3, 0.4) is 0 Å². The van der Waals surface area contributed by atoms with Gasteiger partial charge >= 0.3 is 6.61 Å². The Kier molecular flexibility index (Phi) is 5.02. The maximum Gasteiger partial charge on any atom is 0.387 e. The van der Waals surface area contributed by atoms with Gasteiger partial charge in [-0.05, 0) is 42.9 Å². The lowest BCUT2D eigenvalue weighted by molar-refractivity contribution is -0.0505. The molecule has 1 aliphatic rings. The van der Waals surface area contributed by atoms with Crippen molar-refractivity contribution in [2.24, 2.45) is 5.41 Å². The molecule has 112 valence electrons. The van der Waals surface area contributed by atoms with E-state index in [9.17, 15) is 8.78 Å². The lowest BCUT2D eigenvalue weighted by Crippen LogP contribution is -2.27. The monoisotopic (exact) mass is 347 g/mol. The van der Waals surface area contributed by atoms with Crippen LogP contribution >= 0.6 is 15.9 Å². The van der Waals surface area contributed by atoms with E-state index < -0.39 is 6.61 Å². The Morgan fingerprint density at radius 1 is 1.45 bits per heavy atom. The van der Waals surface area contributed by atoms with Gasteiger partial charge in [-0.2, -0.15) is 8.78 Å². The van der Waals surface area contributed by atoms with E-state index in [1.54, 1.807) is 12.1 Å². The van der Waals surface area contributed by atoms with E-state index in [-0.39, 0.29) is 5.75 Å². The van der Waals surface area contributed by atoms with E-state index in [1.807, 2.05) is 6.07 Å². The fraction of sp³-hybridized carbons (Fsp3) is 0.600. The molecule has 0 amide bonds. The molecule has 2 nitrogen and oxygen atoms in total. The summed E-state index contributed by atoms with van der Waals surface area (Å²) < 4.78 is 30.2. The van der Waals surface area contributed by atoms with Crippen molar-refractivity contribution in [1.82, 2.24) is 5.32 Å². The van der Waals surface area contributed by atoms with E-state index in [4.69, 9.17) is 0 Å². The summed E-state index contributed by atoms with van der Waals surface area (Å²) in [5.41, 5.74) is 1.13. The Morgan fingerprint density at radius 3 is 2.80 bits per heavy atom. The van der Waals surface area contributed by atoms with Crippen LogP contribution in [0.5, 0.6) is 5.75 Å². The molecule has 0 spiro atoms. The molecule has 1 fully saturated rings. The first-order valence-electron chi connectivity index (χ1n) is 6.82. The van der Waals surface area contributed by atoms with Gasteiger partial charge in [0.15, 0.2) is 0 Å². The summed E-state index contributed by atoms with van der Waals surface area (Å²) in [5.74, 6) is 0.243. The number of hydrogen-bond donors (Lipinski definition) is 1. The van der Waals surface area contributed by atoms with Gasteiger partial charge in [-0.3, -0.25) is 0 Å². The molecule has 0 aromatic heterocycles. The molecule has 1 aromatic rings. The fourth-order valence-electron chi connectivity index (χ4n) is 2.76. The number of nitrogens with one attached hydrogen (secondary N) is 1. The molecule has 1 atom stereocenters. The zero-order chi connectivity index (χ0) is 14.8. The molecular weight excluding hydrogens is 328 g/mol. The second kappa shape index (κ2) is 6.39. The van der Waals surface area contributed by atoms with Gasteiger partial charge in [-0.1, -0.05) is 29.8 Å². The molecule has 0 heterocycles. The lowest BCUT2D eigenvalue weighted by atomic mass is 9.92. The molecule has 1 unspecified atom stereocenters. The minimum atomic E-state index is -2.79. The molecular formula is C15H20BrF2NO. The Hall–Kier alpha value is -0.680. The van der Waals surface area contributed by atoms with Gasteiger partial charge in [-0.25, -0.2) is 0 Å². The molecule has 1 aromatic carbocycles. The number of alkyl halides is 2. The summed E-state index contributed by atoms with van der Waals surface area (Å²) in [6.45, 7) is 2.28. The lowest BCUT2D eigenvalue weighted by Gasteiger charge is -2.19. The number of ether oxygens (including phenoxy) is 1. The molecule has 20 heavy (non-hydrogen) atoms. The van der Waals surface area contributed by atoms with Crippen LogP contribution in [0.2, 0.25) is 0 Å². The highest BCUT2D eigenvalue weighted by molar-refractivity contribution is 9.10. The Labute approximate surface area is 127 Å². The van der Waals surface area contributed by atoms with Crippen LogP contribution in [0.4, 0.5) is 8.78 Å². The largest absolute Gasteiger partial charge is 0.434 e. The standard InChI is InChI=1S/C15H20BrF2NO/c1-15(2)6-5-12(8-15)19-9-10-7-11(16)3-4-13(10)20-14(17)18/h3-4,7,12,14,19H,5-6,8-9H2,1-2H3. The first-order valence-corrected chi connectivity index (χ1v) is 7.62. The van der Waals surface area contributed by atoms with Crippen molar-refractivity contribution in [3.05, 3.63) is 28.2 Å². The first-order chi connectivity index (χ1) is 9.35. The summed E-state index contributed by atoms with van der Waals surface area (Å²) in [6.07, 6.45) is 3.45. The summed E-state index contributed by atoms with van der Waals surface area (Å²) in [6, 6.07) is 5.56. The van der Waals surface area contributed by atoms with Crippen LogP contribution in [0.1, 0.15) is 38.7 Å². The van der Waals surface area contributed by atoms with E-state index in [0.717, 1.165) is 22.9 Å². The number of hydrogen-bond acceptors (Lipinski definition) is 2. The van der Waals surface area contributed by atoms with Gasteiger partial charge in [-0.15, -0.1) is 0 Å². The van der Waals surface area contributed by atoms with Crippen molar-refractivity contribution >= 4 is 15.9 Å². The summed E-state index contributed by atoms with van der Waals surface area (Å²) in [7, 11) is 0. The third-order valence-corrected chi connectivity index (χ3v) is 4.28. The van der Waals surface area contributed by atoms with Gasteiger partial charge in [0.05, 0.1) is 0 Å². The summed E-state index contributed by atoms with van der Waals surface area (Å²) in [5, 5.41) is 3.45. The Morgan fingerprint density at radius 2 is 2.20 bits per heavy atom. The smallest absolute Gasteiger partial charge is 0.387 e. The highest BCUT2D eigenvalue weighted by atomic mass is 79.9. The minimum Gasteiger partial charge on any atom is -0.434 e. The average molecular weight is 348 g/mol. The van der Waals surface area contributed by atoms with E-state index in [2.05, 4.69) is 39.8 Å². The normalized spacial score (nSPS) is 21.4. The van der Waals surface area contributed by atoms with E-state index in [0.29, 0.717) is 18.0 Å². The van der Waals surface area contributed by atoms with Crippen LogP contribution in [0.15, 0.2) is 22.7 Å². The van der Waals surface area contributed by atoms with E-state index >= 15 is 0 Å². The highest BCUT2D eigenvalue weighted by Crippen LogP contribution is 2.37. The molecule has 5 heteroatoms. The van der Waals surface area contributed by atoms with Crippen LogP contribution in [0.25, 0.3) is 0 Å². The van der Waals surface area contributed by atoms with Gasteiger partial charge in [0.25, 0.3) is 0 Å². The second-order valence-electron chi connectivity index (χ2n) is 6.12. The van der Waals surface area contributed by atoms with Crippen molar-refractivity contribution in [2.75, 3.05) is 0 Å². The second-order valence-corrected chi connectivity index (χ2v) is 7.03. The van der Waals surface area contributed by atoms with Gasteiger partial charge in [0.1, 0.15) is 5.75 Å².